The summed E-state index contributed by atoms with van der Waals surface area (Å²) < 4.78 is 1.73. The largest absolute Gasteiger partial charge is 0.366 e. The SMILES string of the molecule is CCCN(Cc1cn(C)nn1)c1ccc(CN)cc1. The van der Waals surface area contributed by atoms with Gasteiger partial charge in [0, 0.05) is 32.0 Å². The van der Waals surface area contributed by atoms with Crippen LogP contribution in [0.1, 0.15) is 24.6 Å². The number of hydrogen-bond acceptors (Lipinski definition) is 4. The average molecular weight is 259 g/mol. The Balaban J connectivity index is 2.13. The first-order chi connectivity index (χ1) is 9.22. The van der Waals surface area contributed by atoms with Gasteiger partial charge in [0.1, 0.15) is 5.69 Å². The minimum absolute atomic E-state index is 0.582. The zero-order valence-electron chi connectivity index (χ0n) is 11.6. The van der Waals surface area contributed by atoms with E-state index in [9.17, 15) is 0 Å². The molecular weight excluding hydrogens is 238 g/mol. The third-order valence-corrected chi connectivity index (χ3v) is 3.03. The van der Waals surface area contributed by atoms with Crippen molar-refractivity contribution in [2.45, 2.75) is 26.4 Å². The van der Waals surface area contributed by atoms with Gasteiger partial charge in [-0.15, -0.1) is 5.10 Å². The van der Waals surface area contributed by atoms with Gasteiger partial charge in [-0.25, -0.2) is 0 Å². The van der Waals surface area contributed by atoms with E-state index in [0.717, 1.165) is 30.8 Å². The molecule has 0 saturated carbocycles. The van der Waals surface area contributed by atoms with Crippen LogP contribution in [0.4, 0.5) is 5.69 Å². The Morgan fingerprint density at radius 1 is 1.26 bits per heavy atom. The van der Waals surface area contributed by atoms with E-state index in [-0.39, 0.29) is 0 Å². The molecule has 0 saturated heterocycles. The molecule has 0 aliphatic heterocycles. The van der Waals surface area contributed by atoms with Gasteiger partial charge in [0.25, 0.3) is 0 Å². The number of rotatable bonds is 6. The molecule has 0 aliphatic rings. The van der Waals surface area contributed by atoms with Crippen LogP contribution in [0, 0.1) is 0 Å². The summed E-state index contributed by atoms with van der Waals surface area (Å²) in [5, 5.41) is 8.12. The lowest BCUT2D eigenvalue weighted by Gasteiger charge is -2.23. The molecule has 0 radical (unpaired) electrons. The molecule has 0 atom stereocenters. The smallest absolute Gasteiger partial charge is 0.102 e. The quantitative estimate of drug-likeness (QED) is 0.857. The average Bonchev–Trinajstić information content (AvgIpc) is 2.84. The highest BCUT2D eigenvalue weighted by Crippen LogP contribution is 2.17. The van der Waals surface area contributed by atoms with Crippen molar-refractivity contribution in [2.24, 2.45) is 12.8 Å². The molecule has 0 unspecified atom stereocenters. The van der Waals surface area contributed by atoms with Gasteiger partial charge in [0.05, 0.1) is 6.54 Å². The third kappa shape index (κ3) is 3.54. The van der Waals surface area contributed by atoms with Crippen molar-refractivity contribution in [1.82, 2.24) is 15.0 Å². The van der Waals surface area contributed by atoms with Gasteiger partial charge in [0.15, 0.2) is 0 Å². The van der Waals surface area contributed by atoms with Crippen molar-refractivity contribution in [3.05, 3.63) is 41.7 Å². The summed E-state index contributed by atoms with van der Waals surface area (Å²) in [6.07, 6.45) is 3.05. The first-order valence-electron chi connectivity index (χ1n) is 6.62. The summed E-state index contributed by atoms with van der Waals surface area (Å²) in [7, 11) is 1.89. The molecule has 0 fully saturated rings. The highest BCUT2D eigenvalue weighted by molar-refractivity contribution is 5.47. The lowest BCUT2D eigenvalue weighted by molar-refractivity contribution is 0.709. The predicted molar refractivity (Wildman–Crippen MR) is 76.7 cm³/mol. The predicted octanol–water partition coefficient (Wildman–Crippen LogP) is 1.69. The molecule has 1 heterocycles. The van der Waals surface area contributed by atoms with Gasteiger partial charge < -0.3 is 10.6 Å². The Morgan fingerprint density at radius 2 is 2.00 bits per heavy atom. The van der Waals surface area contributed by atoms with Crippen LogP contribution in [0.15, 0.2) is 30.5 Å². The van der Waals surface area contributed by atoms with E-state index in [0.29, 0.717) is 6.54 Å². The topological polar surface area (TPSA) is 60.0 Å². The molecule has 102 valence electrons. The molecule has 2 aromatic rings. The fourth-order valence-corrected chi connectivity index (χ4v) is 2.08. The Hall–Kier alpha value is -1.88. The highest BCUT2D eigenvalue weighted by Gasteiger charge is 2.08. The van der Waals surface area contributed by atoms with Crippen LogP contribution < -0.4 is 10.6 Å². The summed E-state index contributed by atoms with van der Waals surface area (Å²) in [5.41, 5.74) is 8.96. The van der Waals surface area contributed by atoms with Crippen molar-refractivity contribution in [3.8, 4) is 0 Å². The Kier molecular flexibility index (Phi) is 4.52. The van der Waals surface area contributed by atoms with E-state index in [1.165, 1.54) is 5.69 Å². The fraction of sp³-hybridized carbons (Fsp3) is 0.429. The van der Waals surface area contributed by atoms with Crippen LogP contribution in [0.25, 0.3) is 0 Å². The highest BCUT2D eigenvalue weighted by atomic mass is 15.4. The standard InChI is InChI=1S/C14H21N5/c1-3-8-19(11-13-10-18(2)17-16-13)14-6-4-12(9-15)5-7-14/h4-7,10H,3,8-9,11,15H2,1-2H3. The van der Waals surface area contributed by atoms with Gasteiger partial charge in [-0.3, -0.25) is 4.68 Å². The van der Waals surface area contributed by atoms with Crippen LogP contribution in [-0.2, 0) is 20.1 Å². The van der Waals surface area contributed by atoms with Crippen molar-refractivity contribution >= 4 is 5.69 Å². The number of anilines is 1. The van der Waals surface area contributed by atoms with Crippen molar-refractivity contribution in [1.29, 1.82) is 0 Å². The minimum Gasteiger partial charge on any atom is -0.366 e. The zero-order valence-corrected chi connectivity index (χ0v) is 11.6. The monoisotopic (exact) mass is 259 g/mol. The maximum absolute atomic E-state index is 5.63. The first-order valence-corrected chi connectivity index (χ1v) is 6.62. The zero-order chi connectivity index (χ0) is 13.7. The second-order valence-corrected chi connectivity index (χ2v) is 4.68. The number of aryl methyl sites for hydroxylation is 1. The molecular formula is C14H21N5. The summed E-state index contributed by atoms with van der Waals surface area (Å²) >= 11 is 0. The van der Waals surface area contributed by atoms with E-state index in [4.69, 9.17) is 5.73 Å². The van der Waals surface area contributed by atoms with Crippen LogP contribution in [0.2, 0.25) is 0 Å². The molecule has 2 rings (SSSR count). The number of hydrogen-bond donors (Lipinski definition) is 1. The number of nitrogens with two attached hydrogens (primary N) is 1. The Bertz CT molecular complexity index is 503. The summed E-state index contributed by atoms with van der Waals surface area (Å²) in [6, 6.07) is 8.39. The summed E-state index contributed by atoms with van der Waals surface area (Å²) in [6.45, 7) is 4.54. The molecule has 0 aliphatic carbocycles. The van der Waals surface area contributed by atoms with Crippen molar-refractivity contribution < 1.29 is 0 Å². The Morgan fingerprint density at radius 3 is 2.53 bits per heavy atom. The molecule has 5 nitrogen and oxygen atoms in total. The van der Waals surface area contributed by atoms with Crippen molar-refractivity contribution in [3.63, 3.8) is 0 Å². The van der Waals surface area contributed by atoms with Crippen LogP contribution >= 0.6 is 0 Å². The minimum atomic E-state index is 0.582. The van der Waals surface area contributed by atoms with E-state index in [1.54, 1.807) is 4.68 Å². The molecule has 1 aromatic heterocycles. The maximum Gasteiger partial charge on any atom is 0.102 e. The van der Waals surface area contributed by atoms with Gasteiger partial charge in [-0.1, -0.05) is 24.3 Å². The lowest BCUT2D eigenvalue weighted by atomic mass is 10.2. The molecule has 0 spiro atoms. The van der Waals surface area contributed by atoms with Gasteiger partial charge in [0.2, 0.25) is 0 Å². The summed E-state index contributed by atoms with van der Waals surface area (Å²) in [4.78, 5) is 2.31. The Labute approximate surface area is 114 Å². The van der Waals surface area contributed by atoms with E-state index < -0.39 is 0 Å². The number of aromatic nitrogens is 3. The number of benzene rings is 1. The second-order valence-electron chi connectivity index (χ2n) is 4.68. The first kappa shape index (κ1) is 13.5. The van der Waals surface area contributed by atoms with Gasteiger partial charge in [-0.2, -0.15) is 0 Å². The molecule has 0 bridgehead atoms. The van der Waals surface area contributed by atoms with Crippen LogP contribution in [-0.4, -0.2) is 21.5 Å². The molecule has 5 heteroatoms. The molecule has 0 amide bonds. The molecule has 1 aromatic carbocycles. The maximum atomic E-state index is 5.63. The van der Waals surface area contributed by atoms with Crippen molar-refractivity contribution in [2.75, 3.05) is 11.4 Å². The number of nitrogens with zero attached hydrogens (tertiary/aromatic N) is 4. The van der Waals surface area contributed by atoms with Crippen LogP contribution in [0.5, 0.6) is 0 Å². The summed E-state index contributed by atoms with van der Waals surface area (Å²) in [5.74, 6) is 0. The van der Waals surface area contributed by atoms with Crippen LogP contribution in [0.3, 0.4) is 0 Å². The van der Waals surface area contributed by atoms with E-state index >= 15 is 0 Å². The van der Waals surface area contributed by atoms with Gasteiger partial charge >= 0.3 is 0 Å². The van der Waals surface area contributed by atoms with E-state index in [2.05, 4.69) is 46.4 Å². The van der Waals surface area contributed by atoms with E-state index in [1.807, 2.05) is 13.2 Å². The molecule has 2 N–H and O–H groups in total. The molecule has 19 heavy (non-hydrogen) atoms. The lowest BCUT2D eigenvalue weighted by Crippen LogP contribution is -2.23. The normalized spacial score (nSPS) is 10.7. The van der Waals surface area contributed by atoms with Gasteiger partial charge in [-0.05, 0) is 24.1 Å². The third-order valence-electron chi connectivity index (χ3n) is 3.03. The second kappa shape index (κ2) is 6.33. The fourth-order valence-electron chi connectivity index (χ4n) is 2.08.